The SMILES string of the molecule is CCC1CCC1.CN(C)C(=O)c1cc2cnc(NC3CC4CCC3C4)nc2[nH]1.[HH]. The molecule has 0 saturated heterocycles. The molecule has 2 aromatic rings. The number of hydrogen-bond acceptors (Lipinski definition) is 4. The van der Waals surface area contributed by atoms with Crippen molar-refractivity contribution < 1.29 is 6.22 Å². The van der Waals surface area contributed by atoms with E-state index in [-0.39, 0.29) is 7.33 Å². The van der Waals surface area contributed by atoms with Crippen LogP contribution >= 0.6 is 0 Å². The Bertz CT molecular complexity index is 829. The van der Waals surface area contributed by atoms with Crippen molar-refractivity contribution in [2.45, 2.75) is 64.3 Å². The van der Waals surface area contributed by atoms with Gasteiger partial charge >= 0.3 is 0 Å². The van der Waals surface area contributed by atoms with Gasteiger partial charge in [-0.1, -0.05) is 39.0 Å². The predicted octanol–water partition coefficient (Wildman–Crippen LogP) is 4.70. The number of carbonyl (C=O) groups excluding carboxylic acids is 1. The van der Waals surface area contributed by atoms with Gasteiger partial charge in [0, 0.05) is 33.1 Å². The topological polar surface area (TPSA) is 73.9 Å². The quantitative estimate of drug-likeness (QED) is 0.800. The average Bonchev–Trinajstić information content (AvgIpc) is 3.35. The third-order valence-electron chi connectivity index (χ3n) is 6.86. The number of nitrogens with one attached hydrogen (secondary N) is 2. The fourth-order valence-electron chi connectivity index (χ4n) is 4.83. The van der Waals surface area contributed by atoms with Crippen molar-refractivity contribution in [1.29, 1.82) is 0 Å². The lowest BCUT2D eigenvalue weighted by atomic mass is 9.84. The maximum atomic E-state index is 12.0. The standard InChI is InChI=1S/C16H21N5O.C6H12.H2/c1-21(2)15(22)13-7-11-8-17-16(20-14(11)18-13)19-12-6-9-3-4-10(12)5-9;1-2-6-4-3-5-6;/h7-10,12H,3-6H2,1-2H3,(H2,17,18,19,20);6H,2-5H2,1H3;1H. The van der Waals surface area contributed by atoms with Crippen LogP contribution < -0.4 is 5.32 Å². The number of carbonyl (C=O) groups is 1. The Hall–Kier alpha value is -2.11. The number of fused-ring (bicyclic) bond motifs is 3. The molecule has 0 radical (unpaired) electrons. The lowest BCUT2D eigenvalue weighted by Crippen LogP contribution is -2.26. The van der Waals surface area contributed by atoms with Crippen molar-refractivity contribution in [1.82, 2.24) is 19.9 Å². The zero-order chi connectivity index (χ0) is 19.7. The molecule has 6 heteroatoms. The molecule has 2 aromatic heterocycles. The molecule has 3 aliphatic carbocycles. The number of hydrogen-bond donors (Lipinski definition) is 2. The average molecular weight is 386 g/mol. The van der Waals surface area contributed by atoms with Crippen LogP contribution in [0.5, 0.6) is 0 Å². The van der Waals surface area contributed by atoms with E-state index in [0.717, 1.165) is 23.1 Å². The number of aromatic nitrogens is 3. The third kappa shape index (κ3) is 4.01. The van der Waals surface area contributed by atoms with Gasteiger partial charge in [0.25, 0.3) is 5.91 Å². The fourth-order valence-corrected chi connectivity index (χ4v) is 4.83. The van der Waals surface area contributed by atoms with E-state index in [1.54, 1.807) is 31.3 Å². The van der Waals surface area contributed by atoms with Gasteiger partial charge in [0.2, 0.25) is 5.95 Å². The second kappa shape index (κ2) is 8.10. The van der Waals surface area contributed by atoms with Crippen LogP contribution in [0, 0.1) is 17.8 Å². The maximum absolute atomic E-state index is 12.0. The van der Waals surface area contributed by atoms with Crippen molar-refractivity contribution in [3.8, 4) is 0 Å². The molecule has 2 bridgehead atoms. The van der Waals surface area contributed by atoms with Crippen molar-refractivity contribution in [2.75, 3.05) is 19.4 Å². The summed E-state index contributed by atoms with van der Waals surface area (Å²) in [5.74, 6) is 3.39. The first kappa shape index (κ1) is 19.2. The van der Waals surface area contributed by atoms with E-state index in [1.165, 1.54) is 51.4 Å². The first-order valence-electron chi connectivity index (χ1n) is 10.9. The molecule has 5 rings (SSSR count). The number of anilines is 1. The molecule has 6 nitrogen and oxygen atoms in total. The van der Waals surface area contributed by atoms with Crippen LogP contribution in [0.1, 0.15) is 70.2 Å². The summed E-state index contributed by atoms with van der Waals surface area (Å²) in [4.78, 5) is 25.6. The van der Waals surface area contributed by atoms with Crippen molar-refractivity contribution in [3.05, 3.63) is 18.0 Å². The Morgan fingerprint density at radius 2 is 2.11 bits per heavy atom. The van der Waals surface area contributed by atoms with Gasteiger partial charge in [-0.15, -0.1) is 0 Å². The van der Waals surface area contributed by atoms with Crippen molar-refractivity contribution in [2.24, 2.45) is 17.8 Å². The smallest absolute Gasteiger partial charge is 0.269 e. The van der Waals surface area contributed by atoms with Gasteiger partial charge in [-0.2, -0.15) is 4.98 Å². The highest BCUT2D eigenvalue weighted by Crippen LogP contribution is 2.45. The molecular weight excluding hydrogens is 350 g/mol. The molecule has 3 saturated carbocycles. The van der Waals surface area contributed by atoms with E-state index in [9.17, 15) is 4.79 Å². The lowest BCUT2D eigenvalue weighted by Gasteiger charge is -2.22. The van der Waals surface area contributed by atoms with Crippen molar-refractivity contribution >= 4 is 22.9 Å². The van der Waals surface area contributed by atoms with Gasteiger partial charge in [-0.3, -0.25) is 4.79 Å². The zero-order valence-corrected chi connectivity index (χ0v) is 17.4. The molecule has 0 aliphatic heterocycles. The molecule has 0 spiro atoms. The van der Waals surface area contributed by atoms with Gasteiger partial charge in [0.05, 0.1) is 0 Å². The van der Waals surface area contributed by atoms with Crippen LogP contribution in [0.4, 0.5) is 5.95 Å². The van der Waals surface area contributed by atoms with Gasteiger partial charge in [-0.25, -0.2) is 4.98 Å². The summed E-state index contributed by atoms with van der Waals surface area (Å²) in [5.41, 5.74) is 1.26. The number of H-pyrrole nitrogens is 1. The summed E-state index contributed by atoms with van der Waals surface area (Å²) >= 11 is 0. The van der Waals surface area contributed by atoms with E-state index in [4.69, 9.17) is 0 Å². The minimum atomic E-state index is -0.0550. The van der Waals surface area contributed by atoms with Gasteiger partial charge < -0.3 is 15.2 Å². The van der Waals surface area contributed by atoms with Crippen LogP contribution in [0.25, 0.3) is 11.0 Å². The van der Waals surface area contributed by atoms with E-state index in [0.29, 0.717) is 23.3 Å². The summed E-state index contributed by atoms with van der Waals surface area (Å²) in [7, 11) is 3.48. The first-order chi connectivity index (χ1) is 13.5. The number of aromatic amines is 1. The van der Waals surface area contributed by atoms with E-state index in [2.05, 4.69) is 27.2 Å². The maximum Gasteiger partial charge on any atom is 0.269 e. The van der Waals surface area contributed by atoms with E-state index < -0.39 is 0 Å². The Morgan fingerprint density at radius 3 is 2.64 bits per heavy atom. The van der Waals surface area contributed by atoms with Gasteiger partial charge in [-0.05, 0) is 43.1 Å². The van der Waals surface area contributed by atoms with Crippen molar-refractivity contribution in [3.63, 3.8) is 0 Å². The number of nitrogens with zero attached hydrogens (tertiary/aromatic N) is 3. The zero-order valence-electron chi connectivity index (χ0n) is 17.4. The normalized spacial score (nSPS) is 25.9. The Labute approximate surface area is 169 Å². The van der Waals surface area contributed by atoms with Gasteiger partial charge in [0.1, 0.15) is 11.3 Å². The number of amides is 1. The largest absolute Gasteiger partial charge is 0.351 e. The molecule has 1 amide bonds. The first-order valence-corrected chi connectivity index (χ1v) is 10.9. The highest BCUT2D eigenvalue weighted by atomic mass is 16.2. The second-order valence-electron chi connectivity index (χ2n) is 9.01. The molecule has 3 unspecified atom stereocenters. The summed E-state index contributed by atoms with van der Waals surface area (Å²) in [5, 5.41) is 4.35. The molecule has 3 atom stereocenters. The van der Waals surface area contributed by atoms with Crippen LogP contribution in [0.3, 0.4) is 0 Å². The van der Waals surface area contributed by atoms with Crippen LogP contribution in [-0.2, 0) is 0 Å². The molecule has 28 heavy (non-hydrogen) atoms. The van der Waals surface area contributed by atoms with Gasteiger partial charge in [0.15, 0.2) is 0 Å². The molecule has 0 aromatic carbocycles. The minimum Gasteiger partial charge on any atom is -0.351 e. The van der Waals surface area contributed by atoms with E-state index >= 15 is 0 Å². The monoisotopic (exact) mass is 385 g/mol. The fraction of sp³-hybridized carbons (Fsp3) is 0.682. The lowest BCUT2D eigenvalue weighted by molar-refractivity contribution is 0.0823. The second-order valence-corrected chi connectivity index (χ2v) is 9.01. The highest BCUT2D eigenvalue weighted by molar-refractivity contribution is 5.96. The predicted molar refractivity (Wildman–Crippen MR) is 115 cm³/mol. The molecule has 3 fully saturated rings. The van der Waals surface area contributed by atoms with E-state index in [1.807, 2.05) is 0 Å². The Morgan fingerprint density at radius 1 is 1.29 bits per heavy atom. The Kier molecular flexibility index (Phi) is 5.56. The van der Waals surface area contributed by atoms with Crippen LogP contribution in [-0.4, -0.2) is 45.9 Å². The molecule has 2 heterocycles. The summed E-state index contributed by atoms with van der Waals surface area (Å²) < 4.78 is 0. The van der Waals surface area contributed by atoms with Crippen LogP contribution in [0.15, 0.2) is 12.3 Å². The highest BCUT2D eigenvalue weighted by Gasteiger charge is 2.39. The summed E-state index contributed by atoms with van der Waals surface area (Å²) in [6.45, 7) is 2.28. The van der Waals surface area contributed by atoms with Crippen LogP contribution in [0.2, 0.25) is 0 Å². The molecule has 154 valence electrons. The number of rotatable bonds is 4. The molecule has 2 N–H and O–H groups in total. The Balaban J connectivity index is 0.000000297. The minimum absolute atomic E-state index is 0. The third-order valence-corrected chi connectivity index (χ3v) is 6.86. The summed E-state index contributed by atoms with van der Waals surface area (Å²) in [6.07, 6.45) is 13.0. The summed E-state index contributed by atoms with van der Waals surface area (Å²) in [6, 6.07) is 2.31. The molecular formula is C22H35N5O. The molecule has 3 aliphatic rings.